The van der Waals surface area contributed by atoms with E-state index in [1.807, 2.05) is 6.07 Å². The van der Waals surface area contributed by atoms with Crippen LogP contribution in [0.2, 0.25) is 0 Å². The number of benzene rings is 8. The van der Waals surface area contributed by atoms with E-state index in [4.69, 9.17) is 14.4 Å². The van der Waals surface area contributed by atoms with Gasteiger partial charge in [-0.1, -0.05) is 147 Å². The lowest BCUT2D eigenvalue weighted by atomic mass is 9.81. The molecule has 12 rings (SSSR count). The summed E-state index contributed by atoms with van der Waals surface area (Å²) >= 11 is 1.77. The Balaban J connectivity index is 1.10. The Kier molecular flexibility index (Phi) is 6.85. The molecule has 3 heterocycles. The molecule has 268 valence electrons. The third-order valence-electron chi connectivity index (χ3n) is 12.1. The maximum Gasteiger partial charge on any atom is 0.161 e. The highest BCUT2D eigenvalue weighted by atomic mass is 32.1. The zero-order valence-electron chi connectivity index (χ0n) is 31.4. The second-order valence-corrected chi connectivity index (χ2v) is 16.7. The summed E-state index contributed by atoms with van der Waals surface area (Å²) in [5.74, 6) is 0.692. The van der Waals surface area contributed by atoms with Gasteiger partial charge >= 0.3 is 0 Å². The zero-order chi connectivity index (χ0) is 37.8. The van der Waals surface area contributed by atoms with E-state index in [-0.39, 0.29) is 5.41 Å². The van der Waals surface area contributed by atoms with Crippen molar-refractivity contribution in [2.45, 2.75) is 19.3 Å². The molecule has 0 saturated heterocycles. The van der Waals surface area contributed by atoms with Gasteiger partial charge in [-0.15, -0.1) is 11.3 Å². The molecule has 11 aromatic rings. The van der Waals surface area contributed by atoms with Crippen molar-refractivity contribution in [2.75, 3.05) is 0 Å². The summed E-state index contributed by atoms with van der Waals surface area (Å²) in [6, 6.07) is 61.0. The summed E-state index contributed by atoms with van der Waals surface area (Å²) in [5.41, 5.74) is 15.4. The summed E-state index contributed by atoms with van der Waals surface area (Å²) in [4.78, 5) is 11.0. The van der Waals surface area contributed by atoms with Crippen LogP contribution in [0.4, 0.5) is 0 Å². The van der Waals surface area contributed by atoms with Gasteiger partial charge in [-0.2, -0.15) is 0 Å². The average Bonchev–Trinajstić information content (AvgIpc) is 3.91. The SMILES string of the molecule is CC1(C)c2cc(-c3nc(-c4ccc(-c5ccc6ccccc6c5)c5oc6ccccc6c45)nc4c3sc3ccccc34)ccc2-c2c(-c3ccccc3)cccc21. The molecule has 0 fully saturated rings. The molecule has 0 unspecified atom stereocenters. The number of hydrogen-bond donors (Lipinski definition) is 0. The first-order chi connectivity index (χ1) is 28.0. The Labute approximate surface area is 333 Å². The van der Waals surface area contributed by atoms with Crippen molar-refractivity contribution in [1.29, 1.82) is 0 Å². The van der Waals surface area contributed by atoms with Gasteiger partial charge in [0.15, 0.2) is 5.82 Å². The Bertz CT molecular complexity index is 3440. The number of nitrogens with zero attached hydrogens (tertiary/aromatic N) is 2. The maximum absolute atomic E-state index is 6.76. The monoisotopic (exact) mass is 746 g/mol. The molecule has 4 heteroatoms. The van der Waals surface area contributed by atoms with Crippen LogP contribution in [0.3, 0.4) is 0 Å². The zero-order valence-corrected chi connectivity index (χ0v) is 32.2. The van der Waals surface area contributed by atoms with Crippen molar-refractivity contribution in [3.63, 3.8) is 0 Å². The highest BCUT2D eigenvalue weighted by molar-refractivity contribution is 7.26. The Morgan fingerprint density at radius 3 is 2.14 bits per heavy atom. The number of para-hydroxylation sites is 1. The van der Waals surface area contributed by atoms with Crippen molar-refractivity contribution in [2.24, 2.45) is 0 Å². The predicted octanol–water partition coefficient (Wildman–Crippen LogP) is 14.9. The second kappa shape index (κ2) is 12.1. The van der Waals surface area contributed by atoms with E-state index in [2.05, 4.69) is 178 Å². The molecular weight excluding hydrogens is 713 g/mol. The highest BCUT2D eigenvalue weighted by Crippen LogP contribution is 2.53. The van der Waals surface area contributed by atoms with Gasteiger partial charge in [0.1, 0.15) is 11.2 Å². The lowest BCUT2D eigenvalue weighted by Gasteiger charge is -2.22. The quantitative estimate of drug-likeness (QED) is 0.180. The molecule has 57 heavy (non-hydrogen) atoms. The smallest absolute Gasteiger partial charge is 0.161 e. The number of furan rings is 1. The van der Waals surface area contributed by atoms with Gasteiger partial charge in [0, 0.05) is 43.0 Å². The topological polar surface area (TPSA) is 38.9 Å². The van der Waals surface area contributed by atoms with Crippen molar-refractivity contribution in [3.05, 3.63) is 181 Å². The van der Waals surface area contributed by atoms with Crippen molar-refractivity contribution in [1.82, 2.24) is 9.97 Å². The molecule has 0 amide bonds. The second-order valence-electron chi connectivity index (χ2n) is 15.7. The van der Waals surface area contributed by atoms with Crippen LogP contribution in [0, 0.1) is 0 Å². The van der Waals surface area contributed by atoms with Crippen LogP contribution in [-0.2, 0) is 5.41 Å². The largest absolute Gasteiger partial charge is 0.455 e. The van der Waals surface area contributed by atoms with E-state index in [9.17, 15) is 0 Å². The van der Waals surface area contributed by atoms with Crippen LogP contribution in [0.1, 0.15) is 25.0 Å². The number of fused-ring (bicyclic) bond motifs is 10. The number of rotatable bonds is 4. The van der Waals surface area contributed by atoms with Crippen LogP contribution in [0.5, 0.6) is 0 Å². The van der Waals surface area contributed by atoms with Crippen molar-refractivity contribution >= 4 is 64.4 Å². The van der Waals surface area contributed by atoms with Crippen LogP contribution in [-0.4, -0.2) is 9.97 Å². The van der Waals surface area contributed by atoms with E-state index in [1.165, 1.54) is 48.9 Å². The molecule has 1 aliphatic rings. The third-order valence-corrected chi connectivity index (χ3v) is 13.3. The Morgan fingerprint density at radius 2 is 1.25 bits per heavy atom. The first-order valence-electron chi connectivity index (χ1n) is 19.5. The molecule has 8 aromatic carbocycles. The molecule has 0 saturated carbocycles. The summed E-state index contributed by atoms with van der Waals surface area (Å²) in [6.45, 7) is 4.71. The minimum Gasteiger partial charge on any atom is -0.455 e. The number of thiophene rings is 1. The third kappa shape index (κ3) is 4.78. The fourth-order valence-electron chi connectivity index (χ4n) is 9.30. The molecule has 1 aliphatic carbocycles. The minimum atomic E-state index is -0.193. The molecule has 0 radical (unpaired) electrons. The van der Waals surface area contributed by atoms with Gasteiger partial charge in [-0.3, -0.25) is 0 Å². The number of aromatic nitrogens is 2. The summed E-state index contributed by atoms with van der Waals surface area (Å²) in [7, 11) is 0. The van der Waals surface area contributed by atoms with Crippen molar-refractivity contribution in [3.8, 4) is 56.0 Å². The van der Waals surface area contributed by atoms with E-state index in [0.29, 0.717) is 5.82 Å². The molecule has 0 spiro atoms. The fourth-order valence-corrected chi connectivity index (χ4v) is 10.5. The molecule has 0 atom stereocenters. The van der Waals surface area contributed by atoms with Gasteiger partial charge in [0.2, 0.25) is 0 Å². The van der Waals surface area contributed by atoms with Crippen LogP contribution in [0.15, 0.2) is 174 Å². The summed E-state index contributed by atoms with van der Waals surface area (Å²) < 4.78 is 9.06. The van der Waals surface area contributed by atoms with Crippen LogP contribution >= 0.6 is 11.3 Å². The molecule has 0 aliphatic heterocycles. The summed E-state index contributed by atoms with van der Waals surface area (Å²) in [5, 5.41) is 5.64. The fraction of sp³-hybridized carbons (Fsp3) is 0.0566. The van der Waals surface area contributed by atoms with Gasteiger partial charge in [-0.05, 0) is 86.1 Å². The van der Waals surface area contributed by atoms with Gasteiger partial charge in [-0.25, -0.2) is 9.97 Å². The average molecular weight is 747 g/mol. The molecule has 3 aromatic heterocycles. The minimum absolute atomic E-state index is 0.193. The molecular formula is C53H34N2OS. The standard InChI is InChI=1S/C53H34N2OS/c1-53(2)42-20-12-19-36(32-14-4-3-5-15-32)46(42)38-26-25-35(30-43(38)53)48-51-49(40-18-9-11-22-45(40)57-51)55-52(54-48)41-28-27-37(34-24-23-31-13-6-7-16-33(31)29-34)50-47(41)39-17-8-10-21-44(39)56-50/h3-30H,1-2H3. The van der Waals surface area contributed by atoms with E-state index >= 15 is 0 Å². The van der Waals surface area contributed by atoms with Gasteiger partial charge in [0.05, 0.1) is 15.9 Å². The van der Waals surface area contributed by atoms with E-state index in [0.717, 1.165) is 65.5 Å². The number of hydrogen-bond acceptors (Lipinski definition) is 4. The van der Waals surface area contributed by atoms with E-state index < -0.39 is 0 Å². The summed E-state index contributed by atoms with van der Waals surface area (Å²) in [6.07, 6.45) is 0. The predicted molar refractivity (Wildman–Crippen MR) is 239 cm³/mol. The Hall–Kier alpha value is -6.88. The first-order valence-corrected chi connectivity index (χ1v) is 20.3. The molecule has 3 nitrogen and oxygen atoms in total. The van der Waals surface area contributed by atoms with E-state index in [1.54, 1.807) is 11.3 Å². The van der Waals surface area contributed by atoms with Gasteiger partial charge < -0.3 is 4.42 Å². The maximum atomic E-state index is 6.76. The van der Waals surface area contributed by atoms with Crippen LogP contribution < -0.4 is 0 Å². The highest BCUT2D eigenvalue weighted by Gasteiger charge is 2.37. The normalized spacial score (nSPS) is 13.2. The van der Waals surface area contributed by atoms with Crippen molar-refractivity contribution < 1.29 is 4.42 Å². The molecule has 0 N–H and O–H groups in total. The molecule has 0 bridgehead atoms. The lowest BCUT2D eigenvalue weighted by molar-refractivity contribution is 0.660. The van der Waals surface area contributed by atoms with Gasteiger partial charge in [0.25, 0.3) is 0 Å². The lowest BCUT2D eigenvalue weighted by Crippen LogP contribution is -2.15. The van der Waals surface area contributed by atoms with Crippen LogP contribution in [0.25, 0.3) is 109 Å². The Morgan fingerprint density at radius 1 is 0.509 bits per heavy atom. The first kappa shape index (κ1) is 32.4.